The number of carbonyl (C=O) groups excluding carboxylic acids is 2. The van der Waals surface area contributed by atoms with Crippen molar-refractivity contribution in [3.63, 3.8) is 0 Å². The van der Waals surface area contributed by atoms with Gasteiger partial charge in [-0.3, -0.25) is 9.59 Å². The molecule has 1 amide bonds. The van der Waals surface area contributed by atoms with Gasteiger partial charge in [0.05, 0.1) is 24.0 Å². The molecule has 3 aromatic rings. The van der Waals surface area contributed by atoms with Gasteiger partial charge in [0.2, 0.25) is 5.91 Å². The summed E-state index contributed by atoms with van der Waals surface area (Å²) in [7, 11) is 0. The van der Waals surface area contributed by atoms with Crippen LogP contribution in [0.2, 0.25) is 10.0 Å². The zero-order valence-electron chi connectivity index (χ0n) is 20.8. The van der Waals surface area contributed by atoms with Gasteiger partial charge in [0.1, 0.15) is 0 Å². The molecule has 1 aromatic heterocycles. The quantitative estimate of drug-likeness (QED) is 0.344. The second-order valence-corrected chi connectivity index (χ2v) is 12.2. The Morgan fingerprint density at radius 3 is 2.70 bits per heavy atom. The maximum absolute atomic E-state index is 13.8. The first kappa shape index (κ1) is 25.8. The summed E-state index contributed by atoms with van der Waals surface area (Å²) in [5.74, 6) is -0.0558. The molecule has 0 spiro atoms. The third-order valence-corrected chi connectivity index (χ3v) is 8.35. The van der Waals surface area contributed by atoms with Gasteiger partial charge in [0.25, 0.3) is 0 Å². The summed E-state index contributed by atoms with van der Waals surface area (Å²) >= 11 is 14.7. The van der Waals surface area contributed by atoms with E-state index in [0.717, 1.165) is 29.1 Å². The minimum atomic E-state index is -0.539. The minimum Gasteiger partial charge on any atom is -0.357 e. The number of rotatable bonds is 6. The first-order valence-electron chi connectivity index (χ1n) is 12.3. The van der Waals surface area contributed by atoms with Gasteiger partial charge in [-0.25, -0.2) is 0 Å². The summed E-state index contributed by atoms with van der Waals surface area (Å²) in [6, 6.07) is 16.7. The Bertz CT molecular complexity index is 1370. The Morgan fingerprint density at radius 2 is 1.95 bits per heavy atom. The number of allylic oxidation sites excluding steroid dienone is 1. The van der Waals surface area contributed by atoms with E-state index in [9.17, 15) is 9.59 Å². The molecule has 2 aliphatic rings. The van der Waals surface area contributed by atoms with Crippen LogP contribution in [-0.4, -0.2) is 24.8 Å². The van der Waals surface area contributed by atoms with E-state index in [1.165, 1.54) is 4.88 Å². The fourth-order valence-electron chi connectivity index (χ4n) is 5.26. The Morgan fingerprint density at radius 1 is 1.14 bits per heavy atom. The number of amides is 1. The number of para-hydroxylation sites is 2. The predicted molar refractivity (Wildman–Crippen MR) is 153 cm³/mol. The molecular formula is C29H29Cl2N3O2S. The highest BCUT2D eigenvalue weighted by Gasteiger charge is 2.42. The van der Waals surface area contributed by atoms with Crippen LogP contribution in [0.5, 0.6) is 0 Å². The molecule has 2 N–H and O–H groups in total. The summed E-state index contributed by atoms with van der Waals surface area (Å²) in [6.45, 7) is 4.83. The van der Waals surface area contributed by atoms with Gasteiger partial charge in [-0.15, -0.1) is 11.3 Å². The van der Waals surface area contributed by atoms with Crippen molar-refractivity contribution in [1.82, 2.24) is 5.32 Å². The highest BCUT2D eigenvalue weighted by atomic mass is 35.5. The van der Waals surface area contributed by atoms with Crippen LogP contribution in [0.1, 0.15) is 43.2 Å². The first-order chi connectivity index (χ1) is 17.7. The van der Waals surface area contributed by atoms with Crippen molar-refractivity contribution in [3.8, 4) is 0 Å². The third kappa shape index (κ3) is 5.57. The molecule has 192 valence electrons. The van der Waals surface area contributed by atoms with Gasteiger partial charge in [-0.2, -0.15) is 0 Å². The normalized spacial score (nSPS) is 18.5. The average molecular weight is 555 g/mol. The van der Waals surface area contributed by atoms with E-state index in [4.69, 9.17) is 23.2 Å². The summed E-state index contributed by atoms with van der Waals surface area (Å²) in [5.41, 5.74) is 3.81. The number of hydrogen-bond donors (Lipinski definition) is 2. The molecule has 5 rings (SSSR count). The van der Waals surface area contributed by atoms with Gasteiger partial charge in [-0.1, -0.05) is 61.3 Å². The van der Waals surface area contributed by atoms with E-state index in [2.05, 4.69) is 30.5 Å². The van der Waals surface area contributed by atoms with Crippen molar-refractivity contribution >= 4 is 57.6 Å². The Balaban J connectivity index is 1.57. The minimum absolute atomic E-state index is 0.0608. The molecule has 5 nitrogen and oxygen atoms in total. The summed E-state index contributed by atoms with van der Waals surface area (Å²) < 4.78 is 0. The fraction of sp³-hybridized carbons (Fsp3) is 0.310. The zero-order valence-corrected chi connectivity index (χ0v) is 23.1. The number of Topliss-reactive ketones (excluding diaryl/α,β-unsaturated/α-hetero) is 1. The lowest BCUT2D eigenvalue weighted by atomic mass is 9.73. The Kier molecular flexibility index (Phi) is 7.35. The molecule has 1 aliphatic carbocycles. The van der Waals surface area contributed by atoms with Crippen LogP contribution in [0, 0.1) is 5.41 Å². The maximum Gasteiger partial charge on any atom is 0.239 e. The smallest absolute Gasteiger partial charge is 0.239 e. The molecule has 1 atom stereocenters. The Hall–Kier alpha value is -2.80. The van der Waals surface area contributed by atoms with Crippen LogP contribution in [0.15, 0.2) is 71.2 Å². The predicted octanol–water partition coefficient (Wildman–Crippen LogP) is 7.03. The van der Waals surface area contributed by atoms with Crippen LogP contribution in [-0.2, 0) is 16.0 Å². The molecular weight excluding hydrogens is 525 g/mol. The number of nitrogens with zero attached hydrogens (tertiary/aromatic N) is 1. The molecule has 1 aliphatic heterocycles. The molecule has 0 bridgehead atoms. The fourth-order valence-corrected chi connectivity index (χ4v) is 6.49. The summed E-state index contributed by atoms with van der Waals surface area (Å²) in [5, 5.41) is 9.64. The lowest BCUT2D eigenvalue weighted by Gasteiger charge is -2.38. The van der Waals surface area contributed by atoms with Crippen molar-refractivity contribution in [3.05, 3.63) is 91.7 Å². The molecule has 0 fully saturated rings. The zero-order chi connectivity index (χ0) is 26.2. The van der Waals surface area contributed by atoms with Gasteiger partial charge in [0, 0.05) is 39.2 Å². The van der Waals surface area contributed by atoms with Crippen molar-refractivity contribution in [1.29, 1.82) is 0 Å². The number of hydrogen-bond acceptors (Lipinski definition) is 5. The van der Waals surface area contributed by atoms with Crippen molar-refractivity contribution in [2.75, 3.05) is 23.3 Å². The first-order valence-corrected chi connectivity index (χ1v) is 14.0. The molecule has 0 saturated heterocycles. The largest absolute Gasteiger partial charge is 0.357 e. The van der Waals surface area contributed by atoms with E-state index < -0.39 is 6.04 Å². The number of halogens is 2. The van der Waals surface area contributed by atoms with E-state index >= 15 is 0 Å². The van der Waals surface area contributed by atoms with Gasteiger partial charge >= 0.3 is 0 Å². The molecule has 1 unspecified atom stereocenters. The highest BCUT2D eigenvalue weighted by Crippen LogP contribution is 2.49. The Labute approximate surface area is 231 Å². The molecule has 2 aromatic carbocycles. The van der Waals surface area contributed by atoms with Crippen LogP contribution in [0.3, 0.4) is 0 Å². The van der Waals surface area contributed by atoms with Gasteiger partial charge in [-0.05, 0) is 59.5 Å². The van der Waals surface area contributed by atoms with E-state index in [0.29, 0.717) is 35.0 Å². The van der Waals surface area contributed by atoms with Crippen molar-refractivity contribution in [2.24, 2.45) is 5.41 Å². The third-order valence-electron chi connectivity index (χ3n) is 6.85. The molecule has 8 heteroatoms. The number of carbonyl (C=O) groups is 2. The summed E-state index contributed by atoms with van der Waals surface area (Å²) in [4.78, 5) is 30.3. The van der Waals surface area contributed by atoms with Gasteiger partial charge < -0.3 is 15.5 Å². The van der Waals surface area contributed by atoms with E-state index in [-0.39, 0.29) is 23.7 Å². The van der Waals surface area contributed by atoms with Gasteiger partial charge in [0.15, 0.2) is 5.78 Å². The standard InChI is InChI=1S/C29H29Cl2N3O2S/c1-29(2)15-23-27(25(35)16-29)28(20-10-9-18(30)14-21(20)31)34(24-8-4-3-7-22(24)33-23)17-26(36)32-12-11-19-6-5-13-37-19/h3-10,13-14,28,33H,11-12,15-17H2,1-2H3,(H,32,36). The number of benzene rings is 2. The second-order valence-electron chi connectivity index (χ2n) is 10.4. The van der Waals surface area contributed by atoms with Crippen LogP contribution >= 0.6 is 34.5 Å². The molecule has 37 heavy (non-hydrogen) atoms. The number of nitrogens with one attached hydrogen (secondary N) is 2. The maximum atomic E-state index is 13.8. The second kappa shape index (κ2) is 10.5. The van der Waals surface area contributed by atoms with Crippen molar-refractivity contribution < 1.29 is 9.59 Å². The van der Waals surface area contributed by atoms with E-state index in [1.54, 1.807) is 23.5 Å². The lowest BCUT2D eigenvalue weighted by molar-refractivity contribution is -0.120. The number of ketones is 1. The van der Waals surface area contributed by atoms with E-state index in [1.807, 2.05) is 46.7 Å². The highest BCUT2D eigenvalue weighted by molar-refractivity contribution is 7.09. The lowest BCUT2D eigenvalue weighted by Crippen LogP contribution is -2.42. The van der Waals surface area contributed by atoms with Crippen molar-refractivity contribution in [2.45, 2.75) is 39.2 Å². The van der Waals surface area contributed by atoms with Crippen LogP contribution in [0.4, 0.5) is 11.4 Å². The molecule has 2 heterocycles. The number of fused-ring (bicyclic) bond motifs is 1. The number of thiophene rings is 1. The average Bonchev–Trinajstić information content (AvgIpc) is 3.30. The topological polar surface area (TPSA) is 61.4 Å². The monoisotopic (exact) mass is 553 g/mol. The number of anilines is 2. The van der Waals surface area contributed by atoms with Crippen LogP contribution in [0.25, 0.3) is 0 Å². The molecule has 0 radical (unpaired) electrons. The summed E-state index contributed by atoms with van der Waals surface area (Å²) in [6.07, 6.45) is 1.91. The SMILES string of the molecule is CC1(C)CC(=O)C2=C(C1)Nc1ccccc1N(CC(=O)NCCc1cccs1)C2c1ccc(Cl)cc1Cl. The molecule has 0 saturated carbocycles. The van der Waals surface area contributed by atoms with Crippen LogP contribution < -0.4 is 15.5 Å².